The summed E-state index contributed by atoms with van der Waals surface area (Å²) in [6.07, 6.45) is 1.12. The molecule has 3 N–H and O–H groups in total. The molecule has 1 atom stereocenters. The van der Waals surface area contributed by atoms with Gasteiger partial charge in [-0.15, -0.1) is 0 Å². The monoisotopic (exact) mass is 602 g/mol. The Morgan fingerprint density at radius 1 is 0.953 bits per heavy atom. The summed E-state index contributed by atoms with van der Waals surface area (Å²) in [5, 5.41) is 15.9. The van der Waals surface area contributed by atoms with Crippen LogP contribution in [0.1, 0.15) is 36.3 Å². The number of aryl methyl sites for hydroxylation is 1. The Hall–Kier alpha value is -4.44. The number of rotatable bonds is 13. The van der Waals surface area contributed by atoms with Crippen LogP contribution in [0.3, 0.4) is 0 Å². The Morgan fingerprint density at radius 3 is 2.12 bits per heavy atom. The second kappa shape index (κ2) is 16.3. The molecule has 0 aliphatic rings. The molecule has 5 aromatic rings. The molecule has 1 unspecified atom stereocenters. The largest absolute Gasteiger partial charge is 0.483 e. The van der Waals surface area contributed by atoms with Crippen molar-refractivity contribution in [1.82, 2.24) is 20.2 Å². The van der Waals surface area contributed by atoms with Gasteiger partial charge in [0, 0.05) is 45.0 Å². The van der Waals surface area contributed by atoms with E-state index in [1.165, 1.54) is 27.8 Å². The fourth-order valence-electron chi connectivity index (χ4n) is 4.28. The molecular formula is C33H35ClN4O5. The van der Waals surface area contributed by atoms with Crippen LogP contribution < -0.4 is 21.1 Å². The van der Waals surface area contributed by atoms with Gasteiger partial charge in [0.2, 0.25) is 0 Å². The van der Waals surface area contributed by atoms with Crippen molar-refractivity contribution in [2.45, 2.75) is 39.1 Å². The fraction of sp³-hybridized carbons (Fsp3) is 0.242. The number of aromatic nitrogens is 2. The summed E-state index contributed by atoms with van der Waals surface area (Å²) in [6, 6.07) is 29.5. The van der Waals surface area contributed by atoms with Crippen LogP contribution >= 0.6 is 11.6 Å². The molecule has 0 saturated carbocycles. The van der Waals surface area contributed by atoms with Crippen LogP contribution in [-0.2, 0) is 24.4 Å². The van der Waals surface area contributed by atoms with Crippen molar-refractivity contribution in [3.8, 4) is 5.75 Å². The Labute approximate surface area is 255 Å². The van der Waals surface area contributed by atoms with E-state index >= 15 is 0 Å². The summed E-state index contributed by atoms with van der Waals surface area (Å²) >= 11 is 6.26. The van der Waals surface area contributed by atoms with Gasteiger partial charge in [-0.05, 0) is 36.2 Å². The molecule has 0 aliphatic carbocycles. The van der Waals surface area contributed by atoms with Crippen LogP contribution in [0.15, 0.2) is 106 Å². The number of halogens is 1. The standard InChI is InChI=1S/C17H15ClN2O5.C16H20N2/c1-10(12-4-2-3-6-19-12)24-14-9-15-13(8-11(14)18)20(17(23)25-15)7-5-16(21)22;1-3-7-15(8-4-1)13-17-11-12-18-14-16-9-5-2-6-10-16/h2-4,6,8-10H,5,7H2,1H3,(H,21,22);1-10,17-18H,11-14H2. The summed E-state index contributed by atoms with van der Waals surface area (Å²) < 4.78 is 12.2. The summed E-state index contributed by atoms with van der Waals surface area (Å²) in [5.74, 6) is -1.29. The van der Waals surface area contributed by atoms with Gasteiger partial charge in [0.15, 0.2) is 5.58 Å². The molecule has 0 fully saturated rings. The van der Waals surface area contributed by atoms with Gasteiger partial charge in [0.1, 0.15) is 11.9 Å². The van der Waals surface area contributed by atoms with Crippen molar-refractivity contribution in [3.05, 3.63) is 130 Å². The molecule has 2 heterocycles. The molecule has 5 rings (SSSR count). The second-order valence-corrected chi connectivity index (χ2v) is 10.2. The van der Waals surface area contributed by atoms with E-state index in [0.29, 0.717) is 16.3 Å². The van der Waals surface area contributed by atoms with Crippen molar-refractivity contribution in [1.29, 1.82) is 0 Å². The van der Waals surface area contributed by atoms with Gasteiger partial charge < -0.3 is 24.9 Å². The highest BCUT2D eigenvalue weighted by Crippen LogP contribution is 2.32. The van der Waals surface area contributed by atoms with Gasteiger partial charge >= 0.3 is 11.7 Å². The molecule has 0 amide bonds. The van der Waals surface area contributed by atoms with Crippen molar-refractivity contribution in [3.63, 3.8) is 0 Å². The molecule has 0 bridgehead atoms. The maximum absolute atomic E-state index is 11.9. The summed E-state index contributed by atoms with van der Waals surface area (Å²) in [6.45, 7) is 5.68. The molecule has 2 aromatic heterocycles. The molecule has 0 radical (unpaired) electrons. The summed E-state index contributed by atoms with van der Waals surface area (Å²) in [7, 11) is 0. The van der Waals surface area contributed by atoms with Crippen molar-refractivity contribution < 1.29 is 19.1 Å². The predicted octanol–water partition coefficient (Wildman–Crippen LogP) is 5.82. The zero-order chi connectivity index (χ0) is 30.4. The topological polar surface area (TPSA) is 119 Å². The van der Waals surface area contributed by atoms with Crippen LogP contribution in [0.2, 0.25) is 5.02 Å². The number of carboxylic acids is 1. The van der Waals surface area contributed by atoms with E-state index < -0.39 is 11.7 Å². The van der Waals surface area contributed by atoms with E-state index in [2.05, 4.69) is 64.1 Å². The fourth-order valence-corrected chi connectivity index (χ4v) is 4.48. The average Bonchev–Trinajstić information content (AvgIpc) is 3.33. The number of nitrogens with one attached hydrogen (secondary N) is 2. The number of ether oxygens (including phenoxy) is 1. The maximum Gasteiger partial charge on any atom is 0.419 e. The first-order valence-corrected chi connectivity index (χ1v) is 14.4. The molecule has 43 heavy (non-hydrogen) atoms. The zero-order valence-corrected chi connectivity index (χ0v) is 24.7. The molecule has 0 aliphatic heterocycles. The number of hydrogen-bond acceptors (Lipinski definition) is 7. The van der Waals surface area contributed by atoms with E-state index in [4.69, 9.17) is 25.9 Å². The number of carbonyl (C=O) groups is 1. The van der Waals surface area contributed by atoms with Crippen LogP contribution in [-0.4, -0.2) is 33.7 Å². The van der Waals surface area contributed by atoms with Crippen LogP contribution in [0.4, 0.5) is 0 Å². The lowest BCUT2D eigenvalue weighted by molar-refractivity contribution is -0.137. The quantitative estimate of drug-likeness (QED) is 0.144. The van der Waals surface area contributed by atoms with Crippen molar-refractivity contribution in [2.24, 2.45) is 0 Å². The van der Waals surface area contributed by atoms with E-state index in [1.807, 2.05) is 37.3 Å². The van der Waals surface area contributed by atoms with E-state index in [1.54, 1.807) is 6.20 Å². The van der Waals surface area contributed by atoms with Crippen LogP contribution in [0.5, 0.6) is 5.75 Å². The Bertz CT molecular complexity index is 1580. The van der Waals surface area contributed by atoms with Gasteiger partial charge in [-0.25, -0.2) is 4.79 Å². The highest BCUT2D eigenvalue weighted by Gasteiger charge is 2.17. The lowest BCUT2D eigenvalue weighted by Gasteiger charge is -2.15. The first kappa shape index (κ1) is 31.5. The van der Waals surface area contributed by atoms with Gasteiger partial charge in [0.25, 0.3) is 0 Å². The first-order chi connectivity index (χ1) is 20.9. The predicted molar refractivity (Wildman–Crippen MR) is 167 cm³/mol. The minimum atomic E-state index is -1.00. The van der Waals surface area contributed by atoms with Gasteiger partial charge in [-0.1, -0.05) is 78.3 Å². The zero-order valence-electron chi connectivity index (χ0n) is 23.9. The SMILES string of the molecule is CC(Oc1cc2oc(=O)n(CCC(=O)O)c2cc1Cl)c1ccccn1.c1ccc(CNCCNCc2ccccc2)cc1. The highest BCUT2D eigenvalue weighted by molar-refractivity contribution is 6.32. The maximum atomic E-state index is 11.9. The highest BCUT2D eigenvalue weighted by atomic mass is 35.5. The summed E-state index contributed by atoms with van der Waals surface area (Å²) in [4.78, 5) is 26.9. The third-order valence-corrected chi connectivity index (χ3v) is 6.80. The number of benzene rings is 3. The average molecular weight is 603 g/mol. The molecule has 10 heteroatoms. The number of nitrogens with zero attached hydrogens (tertiary/aromatic N) is 2. The van der Waals surface area contributed by atoms with Crippen molar-refractivity contribution >= 4 is 28.7 Å². The number of fused-ring (bicyclic) bond motifs is 1. The number of hydrogen-bond donors (Lipinski definition) is 3. The molecule has 0 saturated heterocycles. The number of pyridine rings is 1. The Kier molecular flexibility index (Phi) is 11.9. The smallest absolute Gasteiger partial charge is 0.419 e. The molecular weight excluding hydrogens is 568 g/mol. The van der Waals surface area contributed by atoms with Gasteiger partial charge in [0.05, 0.1) is 22.7 Å². The number of carboxylic acid groups (broad SMARTS) is 1. The number of aliphatic carboxylic acids is 1. The molecule has 3 aromatic carbocycles. The van der Waals surface area contributed by atoms with Gasteiger partial charge in [-0.3, -0.25) is 14.3 Å². The Balaban J connectivity index is 0.000000208. The minimum Gasteiger partial charge on any atom is -0.483 e. The first-order valence-electron chi connectivity index (χ1n) is 14.0. The second-order valence-electron chi connectivity index (χ2n) is 9.75. The van der Waals surface area contributed by atoms with E-state index in [-0.39, 0.29) is 24.7 Å². The van der Waals surface area contributed by atoms with Crippen molar-refractivity contribution in [2.75, 3.05) is 13.1 Å². The number of oxazole rings is 1. The summed E-state index contributed by atoms with van der Waals surface area (Å²) in [5.41, 5.74) is 4.11. The molecule has 0 spiro atoms. The molecule has 9 nitrogen and oxygen atoms in total. The third-order valence-electron chi connectivity index (χ3n) is 6.50. The normalized spacial score (nSPS) is 11.5. The van der Waals surface area contributed by atoms with Crippen LogP contribution in [0.25, 0.3) is 11.1 Å². The van der Waals surface area contributed by atoms with E-state index in [0.717, 1.165) is 31.9 Å². The van der Waals surface area contributed by atoms with Crippen LogP contribution in [0, 0.1) is 0 Å². The third kappa shape index (κ3) is 9.82. The lowest BCUT2D eigenvalue weighted by Crippen LogP contribution is -2.26. The minimum absolute atomic E-state index is 0.00202. The Morgan fingerprint density at radius 2 is 1.56 bits per heavy atom. The van der Waals surface area contributed by atoms with E-state index in [9.17, 15) is 9.59 Å². The lowest BCUT2D eigenvalue weighted by atomic mass is 10.2. The van der Waals surface area contributed by atoms with Gasteiger partial charge in [-0.2, -0.15) is 0 Å². The molecule has 224 valence electrons.